The van der Waals surface area contributed by atoms with Crippen molar-refractivity contribution in [1.82, 2.24) is 10.6 Å². The summed E-state index contributed by atoms with van der Waals surface area (Å²) < 4.78 is 0. The van der Waals surface area contributed by atoms with Crippen LogP contribution in [0.2, 0.25) is 0 Å². The first-order chi connectivity index (χ1) is 9.25. The lowest BCUT2D eigenvalue weighted by Gasteiger charge is -2.36. The Morgan fingerprint density at radius 2 is 2.00 bits per heavy atom. The van der Waals surface area contributed by atoms with Gasteiger partial charge in [0.1, 0.15) is 0 Å². The molecule has 1 rings (SSSR count). The molecular weight excluding hydrogens is 256 g/mol. The molecule has 1 heterocycles. The molecule has 0 aliphatic carbocycles. The zero-order valence-electron chi connectivity index (χ0n) is 12.6. The summed E-state index contributed by atoms with van der Waals surface area (Å²) in [7, 11) is 0. The van der Waals surface area contributed by atoms with E-state index < -0.39 is 0 Å². The Kier molecular flexibility index (Phi) is 8.55. The second kappa shape index (κ2) is 9.65. The summed E-state index contributed by atoms with van der Waals surface area (Å²) in [4.78, 5) is 12.5. The van der Waals surface area contributed by atoms with Gasteiger partial charge in [-0.1, -0.05) is 19.8 Å². The largest absolute Gasteiger partial charge is 0.356 e. The van der Waals surface area contributed by atoms with E-state index in [1.807, 2.05) is 11.8 Å². The van der Waals surface area contributed by atoms with Crippen LogP contribution in [-0.2, 0) is 4.79 Å². The molecular formula is C15H30N2OS. The van der Waals surface area contributed by atoms with Crippen molar-refractivity contribution in [3.63, 3.8) is 0 Å². The predicted molar refractivity (Wildman–Crippen MR) is 84.7 cm³/mol. The van der Waals surface area contributed by atoms with E-state index in [9.17, 15) is 4.79 Å². The lowest BCUT2D eigenvalue weighted by molar-refractivity contribution is -0.133. The number of carbonyl (C=O) groups excluding carboxylic acids is 1. The molecule has 1 amide bonds. The summed E-state index contributed by atoms with van der Waals surface area (Å²) >= 11 is 1.90. The molecule has 1 fully saturated rings. The lowest BCUT2D eigenvalue weighted by atomic mass is 9.74. The highest BCUT2D eigenvalue weighted by molar-refractivity contribution is 7.98. The van der Waals surface area contributed by atoms with Crippen molar-refractivity contribution in [2.45, 2.75) is 51.9 Å². The number of piperidine rings is 1. The average Bonchev–Trinajstić information content (AvgIpc) is 2.44. The standard InChI is InChI=1S/C15H30N2OS/c1-3-7-15(8-11-16-12-9-15)14(18)17-10-5-4-6-13-19-2/h16H,3-13H2,1-2H3,(H,17,18). The van der Waals surface area contributed by atoms with Crippen molar-refractivity contribution in [3.8, 4) is 0 Å². The molecule has 1 saturated heterocycles. The van der Waals surface area contributed by atoms with Gasteiger partial charge in [-0.25, -0.2) is 0 Å². The van der Waals surface area contributed by atoms with E-state index in [-0.39, 0.29) is 5.41 Å². The fourth-order valence-electron chi connectivity index (χ4n) is 2.91. The molecule has 0 saturated carbocycles. The van der Waals surface area contributed by atoms with Gasteiger partial charge in [0.25, 0.3) is 0 Å². The Balaban J connectivity index is 2.28. The number of amides is 1. The first kappa shape index (κ1) is 16.8. The molecule has 112 valence electrons. The van der Waals surface area contributed by atoms with Crippen LogP contribution in [0.4, 0.5) is 0 Å². The summed E-state index contributed by atoms with van der Waals surface area (Å²) in [5.74, 6) is 1.54. The van der Waals surface area contributed by atoms with Gasteiger partial charge in [0.15, 0.2) is 0 Å². The Hall–Kier alpha value is -0.220. The number of thioether (sulfide) groups is 1. The van der Waals surface area contributed by atoms with E-state index in [1.165, 1.54) is 18.6 Å². The van der Waals surface area contributed by atoms with Gasteiger partial charge in [0.05, 0.1) is 5.41 Å². The number of unbranched alkanes of at least 4 members (excludes halogenated alkanes) is 2. The summed E-state index contributed by atoms with van der Waals surface area (Å²) in [6, 6.07) is 0. The molecule has 0 aromatic carbocycles. The van der Waals surface area contributed by atoms with Gasteiger partial charge >= 0.3 is 0 Å². The number of hydrogen-bond donors (Lipinski definition) is 2. The average molecular weight is 286 g/mol. The van der Waals surface area contributed by atoms with E-state index >= 15 is 0 Å². The lowest BCUT2D eigenvalue weighted by Crippen LogP contribution is -2.47. The summed E-state index contributed by atoms with van der Waals surface area (Å²) in [6.07, 6.45) is 9.89. The van der Waals surface area contributed by atoms with E-state index in [0.717, 1.165) is 51.7 Å². The van der Waals surface area contributed by atoms with Gasteiger partial charge in [0.2, 0.25) is 5.91 Å². The summed E-state index contributed by atoms with van der Waals surface area (Å²) in [6.45, 7) is 5.01. The Morgan fingerprint density at radius 1 is 1.26 bits per heavy atom. The van der Waals surface area contributed by atoms with Crippen molar-refractivity contribution >= 4 is 17.7 Å². The minimum absolute atomic E-state index is 0.0841. The topological polar surface area (TPSA) is 41.1 Å². The molecule has 0 atom stereocenters. The summed E-state index contributed by atoms with van der Waals surface area (Å²) in [5, 5.41) is 6.54. The third-order valence-corrected chi connectivity index (χ3v) is 4.78. The molecule has 2 N–H and O–H groups in total. The molecule has 0 aromatic rings. The Morgan fingerprint density at radius 3 is 2.63 bits per heavy atom. The van der Waals surface area contributed by atoms with Crippen molar-refractivity contribution in [2.24, 2.45) is 5.41 Å². The van der Waals surface area contributed by atoms with E-state index in [2.05, 4.69) is 23.8 Å². The molecule has 3 nitrogen and oxygen atoms in total. The van der Waals surface area contributed by atoms with Crippen LogP contribution in [0.1, 0.15) is 51.9 Å². The highest BCUT2D eigenvalue weighted by Crippen LogP contribution is 2.34. The van der Waals surface area contributed by atoms with Gasteiger partial charge < -0.3 is 10.6 Å². The first-order valence-corrected chi connectivity index (χ1v) is 9.12. The number of rotatable bonds is 9. The predicted octanol–water partition coefficient (Wildman–Crippen LogP) is 2.81. The van der Waals surface area contributed by atoms with Crippen molar-refractivity contribution < 1.29 is 4.79 Å². The van der Waals surface area contributed by atoms with Gasteiger partial charge in [-0.05, 0) is 57.2 Å². The van der Waals surface area contributed by atoms with E-state index in [0.29, 0.717) is 5.91 Å². The fourth-order valence-corrected chi connectivity index (χ4v) is 3.40. The van der Waals surface area contributed by atoms with Crippen LogP contribution in [0, 0.1) is 5.41 Å². The van der Waals surface area contributed by atoms with Crippen LogP contribution >= 0.6 is 11.8 Å². The number of carbonyl (C=O) groups is 1. The molecule has 0 spiro atoms. The maximum absolute atomic E-state index is 12.5. The van der Waals surface area contributed by atoms with Crippen LogP contribution in [-0.4, -0.2) is 37.6 Å². The zero-order chi connectivity index (χ0) is 14.0. The van der Waals surface area contributed by atoms with Gasteiger partial charge in [-0.15, -0.1) is 0 Å². The van der Waals surface area contributed by atoms with Crippen LogP contribution in [0.5, 0.6) is 0 Å². The van der Waals surface area contributed by atoms with Gasteiger partial charge in [0, 0.05) is 6.54 Å². The second-order valence-corrected chi connectivity index (χ2v) is 6.58. The third kappa shape index (κ3) is 5.74. The quantitative estimate of drug-likeness (QED) is 0.640. The molecule has 4 heteroatoms. The van der Waals surface area contributed by atoms with Crippen LogP contribution in [0.3, 0.4) is 0 Å². The highest BCUT2D eigenvalue weighted by Gasteiger charge is 2.38. The Labute approximate surface area is 122 Å². The van der Waals surface area contributed by atoms with Crippen LogP contribution in [0.15, 0.2) is 0 Å². The van der Waals surface area contributed by atoms with Gasteiger partial charge in [-0.3, -0.25) is 4.79 Å². The Bertz CT molecular complexity index is 247. The maximum atomic E-state index is 12.5. The first-order valence-electron chi connectivity index (χ1n) is 7.73. The molecule has 1 aliphatic rings. The fraction of sp³-hybridized carbons (Fsp3) is 0.933. The maximum Gasteiger partial charge on any atom is 0.226 e. The van der Waals surface area contributed by atoms with E-state index in [1.54, 1.807) is 0 Å². The highest BCUT2D eigenvalue weighted by atomic mass is 32.2. The zero-order valence-corrected chi connectivity index (χ0v) is 13.4. The smallest absolute Gasteiger partial charge is 0.226 e. The van der Waals surface area contributed by atoms with Crippen molar-refractivity contribution in [2.75, 3.05) is 31.6 Å². The minimum atomic E-state index is -0.0841. The SMILES string of the molecule is CCCC1(C(=O)NCCCCCSC)CCNCC1. The molecule has 0 radical (unpaired) electrons. The molecule has 0 bridgehead atoms. The van der Waals surface area contributed by atoms with E-state index in [4.69, 9.17) is 0 Å². The normalized spacial score (nSPS) is 18.2. The molecule has 0 aromatic heterocycles. The molecule has 19 heavy (non-hydrogen) atoms. The third-order valence-electron chi connectivity index (χ3n) is 4.08. The monoisotopic (exact) mass is 286 g/mol. The van der Waals surface area contributed by atoms with Gasteiger partial charge in [-0.2, -0.15) is 11.8 Å². The molecule has 0 unspecified atom stereocenters. The summed E-state index contributed by atoms with van der Waals surface area (Å²) in [5.41, 5.74) is -0.0841. The minimum Gasteiger partial charge on any atom is -0.356 e. The second-order valence-electron chi connectivity index (χ2n) is 5.59. The number of nitrogens with one attached hydrogen (secondary N) is 2. The van der Waals surface area contributed by atoms with Crippen LogP contribution < -0.4 is 10.6 Å². The van der Waals surface area contributed by atoms with Crippen LogP contribution in [0.25, 0.3) is 0 Å². The number of hydrogen-bond acceptors (Lipinski definition) is 3. The molecule has 1 aliphatic heterocycles. The van der Waals surface area contributed by atoms with Crippen molar-refractivity contribution in [3.05, 3.63) is 0 Å². The van der Waals surface area contributed by atoms with Crippen molar-refractivity contribution in [1.29, 1.82) is 0 Å².